The third kappa shape index (κ3) is 4.07. The minimum absolute atomic E-state index is 0.0818. The molecule has 3 rings (SSSR count). The first-order chi connectivity index (χ1) is 12.7. The van der Waals surface area contributed by atoms with Gasteiger partial charge in [0.05, 0.1) is 12.1 Å². The summed E-state index contributed by atoms with van der Waals surface area (Å²) in [4.78, 5) is 11.2. The Kier molecular flexibility index (Phi) is 5.13. The van der Waals surface area contributed by atoms with Crippen molar-refractivity contribution in [3.8, 4) is 16.9 Å². The van der Waals surface area contributed by atoms with Crippen molar-refractivity contribution in [3.05, 3.63) is 53.3 Å². The highest BCUT2D eigenvalue weighted by molar-refractivity contribution is 5.68. The minimum Gasteiger partial charge on any atom is -0.491 e. The van der Waals surface area contributed by atoms with E-state index in [2.05, 4.69) is 5.32 Å². The fourth-order valence-corrected chi connectivity index (χ4v) is 3.74. The summed E-state index contributed by atoms with van der Waals surface area (Å²) in [6.45, 7) is 7.94. The summed E-state index contributed by atoms with van der Waals surface area (Å²) in [7, 11) is 0. The summed E-state index contributed by atoms with van der Waals surface area (Å²) in [6, 6.07) is 10.3. The summed E-state index contributed by atoms with van der Waals surface area (Å²) in [5.74, 6) is 0.403. The highest BCUT2D eigenvalue weighted by Crippen LogP contribution is 2.45. The van der Waals surface area contributed by atoms with Gasteiger partial charge in [-0.25, -0.2) is 9.18 Å². The Hall–Kier alpha value is -2.56. The van der Waals surface area contributed by atoms with E-state index in [0.717, 1.165) is 35.3 Å². The summed E-state index contributed by atoms with van der Waals surface area (Å²) in [5.41, 5.74) is 2.76. The van der Waals surface area contributed by atoms with Gasteiger partial charge >= 0.3 is 6.09 Å². The van der Waals surface area contributed by atoms with Crippen LogP contribution in [0.5, 0.6) is 5.75 Å². The number of hydrogen-bond acceptors (Lipinski definition) is 2. The van der Waals surface area contributed by atoms with Gasteiger partial charge in [0, 0.05) is 5.56 Å². The first-order valence-corrected chi connectivity index (χ1v) is 9.26. The molecule has 1 aliphatic carbocycles. The first kappa shape index (κ1) is 19.2. The number of ether oxygens (including phenoxy) is 1. The van der Waals surface area contributed by atoms with E-state index in [9.17, 15) is 14.3 Å². The highest BCUT2D eigenvalue weighted by Gasteiger charge is 2.37. The van der Waals surface area contributed by atoms with Crippen LogP contribution in [0.2, 0.25) is 0 Å². The molecular formula is C22H26FNO3. The fourth-order valence-electron chi connectivity index (χ4n) is 3.74. The van der Waals surface area contributed by atoms with Crippen LogP contribution in [0, 0.1) is 11.2 Å². The molecule has 0 aromatic heterocycles. The Bertz CT molecular complexity index is 843. The molecule has 1 atom stereocenters. The largest absolute Gasteiger partial charge is 0.491 e. The quantitative estimate of drug-likeness (QED) is 0.739. The molecule has 0 radical (unpaired) electrons. The van der Waals surface area contributed by atoms with Gasteiger partial charge in [0.15, 0.2) is 0 Å². The zero-order chi connectivity index (χ0) is 19.8. The summed E-state index contributed by atoms with van der Waals surface area (Å²) < 4.78 is 20.6. The Morgan fingerprint density at radius 1 is 1.26 bits per heavy atom. The van der Waals surface area contributed by atoms with Crippen molar-refractivity contribution in [2.45, 2.75) is 52.7 Å². The standard InChI is InChI=1S/C22H26FNO3/c1-13(2)27-16-7-5-14(6-8-16)17-11-15-9-10-22(3,4)20(24-21(25)26)18(15)12-19(17)23/h5-8,11-13,20,24H,9-10H2,1-4H3,(H,25,26)/t20-/m1/s1. The van der Waals surface area contributed by atoms with E-state index in [4.69, 9.17) is 4.74 Å². The molecule has 1 amide bonds. The maximum absolute atomic E-state index is 14.9. The molecular weight excluding hydrogens is 345 g/mol. The van der Waals surface area contributed by atoms with E-state index >= 15 is 0 Å². The van der Waals surface area contributed by atoms with Crippen LogP contribution in [-0.4, -0.2) is 17.3 Å². The summed E-state index contributed by atoms with van der Waals surface area (Å²) in [6.07, 6.45) is 0.614. The molecule has 0 saturated heterocycles. The van der Waals surface area contributed by atoms with Crippen molar-refractivity contribution < 1.29 is 19.0 Å². The fraction of sp³-hybridized carbons (Fsp3) is 0.409. The van der Waals surface area contributed by atoms with E-state index in [1.54, 1.807) is 0 Å². The van der Waals surface area contributed by atoms with Gasteiger partial charge < -0.3 is 15.2 Å². The molecule has 2 aromatic rings. The van der Waals surface area contributed by atoms with Gasteiger partial charge in [-0.1, -0.05) is 26.0 Å². The minimum atomic E-state index is -1.09. The van der Waals surface area contributed by atoms with Gasteiger partial charge in [0.25, 0.3) is 0 Å². The molecule has 0 aliphatic heterocycles. The van der Waals surface area contributed by atoms with Crippen LogP contribution >= 0.6 is 0 Å². The SMILES string of the molecule is CC(C)Oc1ccc(-c2cc3c(cc2F)[C@@H](NC(=O)O)C(C)(C)CC3)cc1. The molecule has 0 bridgehead atoms. The van der Waals surface area contributed by atoms with E-state index in [-0.39, 0.29) is 17.3 Å². The Balaban J connectivity index is 1.98. The number of aryl methyl sites for hydroxylation is 1. The zero-order valence-corrected chi connectivity index (χ0v) is 16.2. The molecule has 0 unspecified atom stereocenters. The zero-order valence-electron chi connectivity index (χ0n) is 16.2. The van der Waals surface area contributed by atoms with Crippen LogP contribution in [-0.2, 0) is 6.42 Å². The summed E-state index contributed by atoms with van der Waals surface area (Å²) >= 11 is 0. The van der Waals surface area contributed by atoms with Crippen molar-refractivity contribution in [1.82, 2.24) is 5.32 Å². The smallest absolute Gasteiger partial charge is 0.405 e. The number of benzene rings is 2. The Morgan fingerprint density at radius 2 is 1.93 bits per heavy atom. The second kappa shape index (κ2) is 7.22. The molecule has 0 saturated carbocycles. The molecule has 27 heavy (non-hydrogen) atoms. The lowest BCUT2D eigenvalue weighted by Crippen LogP contribution is -2.40. The topological polar surface area (TPSA) is 58.6 Å². The normalized spacial score (nSPS) is 18.1. The molecule has 0 spiro atoms. The number of rotatable bonds is 4. The lowest BCUT2D eigenvalue weighted by atomic mass is 9.70. The number of halogens is 1. The summed E-state index contributed by atoms with van der Waals surface area (Å²) in [5, 5.41) is 11.8. The average molecular weight is 371 g/mol. The predicted octanol–water partition coefficient (Wildman–Crippen LogP) is 5.56. The van der Waals surface area contributed by atoms with Crippen LogP contribution < -0.4 is 10.1 Å². The van der Waals surface area contributed by atoms with Gasteiger partial charge in [-0.3, -0.25) is 0 Å². The van der Waals surface area contributed by atoms with E-state index in [1.165, 1.54) is 6.07 Å². The maximum Gasteiger partial charge on any atom is 0.405 e. The third-order valence-electron chi connectivity index (χ3n) is 5.16. The number of nitrogens with one attached hydrogen (secondary N) is 1. The van der Waals surface area contributed by atoms with Gasteiger partial charge in [0.1, 0.15) is 11.6 Å². The van der Waals surface area contributed by atoms with Crippen molar-refractivity contribution >= 4 is 6.09 Å². The first-order valence-electron chi connectivity index (χ1n) is 9.26. The average Bonchev–Trinajstić information content (AvgIpc) is 2.57. The number of carbonyl (C=O) groups is 1. The molecule has 2 N–H and O–H groups in total. The van der Waals surface area contributed by atoms with E-state index in [0.29, 0.717) is 5.56 Å². The second-order valence-corrected chi connectivity index (χ2v) is 8.09. The predicted molar refractivity (Wildman–Crippen MR) is 104 cm³/mol. The van der Waals surface area contributed by atoms with Crippen molar-refractivity contribution in [2.75, 3.05) is 0 Å². The highest BCUT2D eigenvalue weighted by atomic mass is 19.1. The van der Waals surface area contributed by atoms with Crippen molar-refractivity contribution in [1.29, 1.82) is 0 Å². The molecule has 2 aromatic carbocycles. The van der Waals surface area contributed by atoms with Crippen LogP contribution in [0.3, 0.4) is 0 Å². The Morgan fingerprint density at radius 3 is 2.52 bits per heavy atom. The number of carboxylic acid groups (broad SMARTS) is 1. The molecule has 5 heteroatoms. The van der Waals surface area contributed by atoms with Crippen molar-refractivity contribution in [3.63, 3.8) is 0 Å². The van der Waals surface area contributed by atoms with Crippen LogP contribution in [0.25, 0.3) is 11.1 Å². The molecule has 4 nitrogen and oxygen atoms in total. The third-order valence-corrected chi connectivity index (χ3v) is 5.16. The number of amides is 1. The second-order valence-electron chi connectivity index (χ2n) is 8.09. The number of fused-ring (bicyclic) bond motifs is 1. The van der Waals surface area contributed by atoms with Crippen LogP contribution in [0.4, 0.5) is 9.18 Å². The monoisotopic (exact) mass is 371 g/mol. The van der Waals surface area contributed by atoms with E-state index < -0.39 is 12.1 Å². The maximum atomic E-state index is 14.9. The lowest BCUT2D eigenvalue weighted by molar-refractivity contribution is 0.161. The molecule has 1 aliphatic rings. The van der Waals surface area contributed by atoms with Crippen LogP contribution in [0.15, 0.2) is 36.4 Å². The van der Waals surface area contributed by atoms with E-state index in [1.807, 2.05) is 58.0 Å². The molecule has 144 valence electrons. The molecule has 0 fully saturated rings. The van der Waals surface area contributed by atoms with Crippen LogP contribution in [0.1, 0.15) is 51.3 Å². The van der Waals surface area contributed by atoms with Crippen molar-refractivity contribution in [2.24, 2.45) is 5.41 Å². The van der Waals surface area contributed by atoms with Gasteiger partial charge in [-0.15, -0.1) is 0 Å². The number of hydrogen-bond donors (Lipinski definition) is 2. The lowest BCUT2D eigenvalue weighted by Gasteiger charge is -2.40. The van der Waals surface area contributed by atoms with Gasteiger partial charge in [-0.05, 0) is 73.1 Å². The van der Waals surface area contributed by atoms with Gasteiger partial charge in [0.2, 0.25) is 0 Å². The molecule has 0 heterocycles. The van der Waals surface area contributed by atoms with Gasteiger partial charge in [-0.2, -0.15) is 0 Å². The Labute approximate surface area is 159 Å².